The van der Waals surface area contributed by atoms with Crippen LogP contribution in [0.4, 0.5) is 11.4 Å². The van der Waals surface area contributed by atoms with E-state index >= 15 is 0 Å². The fourth-order valence-corrected chi connectivity index (χ4v) is 2.82. The van der Waals surface area contributed by atoms with Crippen LogP contribution >= 0.6 is 0 Å². The Kier molecular flexibility index (Phi) is 5.93. The number of ether oxygens (including phenoxy) is 2. The molecule has 0 amide bonds. The lowest BCUT2D eigenvalue weighted by molar-refractivity contribution is 0.0600. The van der Waals surface area contributed by atoms with E-state index in [-0.39, 0.29) is 0 Å². The van der Waals surface area contributed by atoms with Crippen LogP contribution in [0.3, 0.4) is 0 Å². The highest BCUT2D eigenvalue weighted by Crippen LogP contribution is 2.27. The van der Waals surface area contributed by atoms with Crippen LogP contribution in [0.2, 0.25) is 0 Å². The van der Waals surface area contributed by atoms with Crippen molar-refractivity contribution in [3.8, 4) is 16.9 Å². The largest absolute Gasteiger partial charge is 0.489 e. The summed E-state index contributed by atoms with van der Waals surface area (Å²) in [6.45, 7) is 7.51. The smallest absolute Gasteiger partial charge is 0.337 e. The molecular formula is C23H20N2O3. The molecule has 0 aromatic heterocycles. The molecule has 0 aliphatic heterocycles. The number of carbonyl (C=O) groups excluding carboxylic acids is 1. The molecule has 3 aromatic carbocycles. The summed E-state index contributed by atoms with van der Waals surface area (Å²) in [5, 5.41) is 3.06. The van der Waals surface area contributed by atoms with Gasteiger partial charge in [0, 0.05) is 12.7 Å². The fourth-order valence-electron chi connectivity index (χ4n) is 2.82. The van der Waals surface area contributed by atoms with Gasteiger partial charge in [-0.25, -0.2) is 9.64 Å². The van der Waals surface area contributed by atoms with Gasteiger partial charge in [0.15, 0.2) is 5.69 Å². The highest BCUT2D eigenvalue weighted by Gasteiger charge is 2.11. The van der Waals surface area contributed by atoms with Crippen LogP contribution in [0.1, 0.15) is 15.9 Å². The Morgan fingerprint density at radius 2 is 1.82 bits per heavy atom. The van der Waals surface area contributed by atoms with Crippen molar-refractivity contribution in [2.24, 2.45) is 0 Å². The van der Waals surface area contributed by atoms with Gasteiger partial charge in [0.05, 0.1) is 19.2 Å². The fraction of sp³-hybridized carbons (Fsp3) is 0.130. The maximum Gasteiger partial charge on any atom is 0.337 e. The standard InChI is InChI=1S/C23H20N2O3/c1-24-20-7-9-22(10-8-20)28-15-16-11-18(13-19(12-16)23(26)27-3)17-5-4-6-21(14-17)25-2/h4-14,24H,15H2,1,3H3. The van der Waals surface area contributed by atoms with Gasteiger partial charge in [-0.15, -0.1) is 0 Å². The second-order valence-corrected chi connectivity index (χ2v) is 6.14. The average Bonchev–Trinajstić information content (AvgIpc) is 2.77. The number of carbonyl (C=O) groups is 1. The van der Waals surface area contributed by atoms with Gasteiger partial charge in [-0.3, -0.25) is 0 Å². The summed E-state index contributed by atoms with van der Waals surface area (Å²) in [6, 6.07) is 20.4. The molecule has 0 spiro atoms. The van der Waals surface area contributed by atoms with Crippen LogP contribution in [0.25, 0.3) is 16.0 Å². The number of rotatable bonds is 6. The zero-order valence-electron chi connectivity index (χ0n) is 15.7. The molecule has 0 aliphatic rings. The molecule has 0 unspecified atom stereocenters. The van der Waals surface area contributed by atoms with Crippen molar-refractivity contribution in [1.29, 1.82) is 0 Å². The second kappa shape index (κ2) is 8.74. The molecule has 5 heteroatoms. The molecule has 0 fully saturated rings. The van der Waals surface area contributed by atoms with Gasteiger partial charge in [-0.05, 0) is 65.2 Å². The van der Waals surface area contributed by atoms with Crippen molar-refractivity contribution in [3.05, 3.63) is 89.3 Å². The van der Waals surface area contributed by atoms with Crippen LogP contribution in [-0.2, 0) is 11.3 Å². The van der Waals surface area contributed by atoms with E-state index in [1.54, 1.807) is 24.3 Å². The van der Waals surface area contributed by atoms with Gasteiger partial charge in [-0.2, -0.15) is 0 Å². The van der Waals surface area contributed by atoms with Crippen molar-refractivity contribution in [2.45, 2.75) is 6.61 Å². The topological polar surface area (TPSA) is 51.9 Å². The van der Waals surface area contributed by atoms with Crippen molar-refractivity contribution in [1.82, 2.24) is 0 Å². The number of benzene rings is 3. The summed E-state index contributed by atoms with van der Waals surface area (Å²) < 4.78 is 10.7. The zero-order chi connectivity index (χ0) is 19.9. The van der Waals surface area contributed by atoms with E-state index in [4.69, 9.17) is 16.0 Å². The quantitative estimate of drug-likeness (QED) is 0.470. The Morgan fingerprint density at radius 3 is 2.50 bits per heavy atom. The van der Waals surface area contributed by atoms with E-state index < -0.39 is 5.97 Å². The van der Waals surface area contributed by atoms with Crippen molar-refractivity contribution >= 4 is 17.3 Å². The van der Waals surface area contributed by atoms with Crippen LogP contribution in [-0.4, -0.2) is 20.1 Å². The summed E-state index contributed by atoms with van der Waals surface area (Å²) >= 11 is 0. The highest BCUT2D eigenvalue weighted by atomic mass is 16.5. The highest BCUT2D eigenvalue weighted by molar-refractivity contribution is 5.91. The van der Waals surface area contributed by atoms with Crippen molar-refractivity contribution in [2.75, 3.05) is 19.5 Å². The lowest BCUT2D eigenvalue weighted by atomic mass is 9.99. The van der Waals surface area contributed by atoms with Crippen LogP contribution < -0.4 is 10.1 Å². The lowest BCUT2D eigenvalue weighted by Gasteiger charge is -2.11. The summed E-state index contributed by atoms with van der Waals surface area (Å²) in [7, 11) is 3.22. The monoisotopic (exact) mass is 372 g/mol. The molecule has 0 aliphatic carbocycles. The van der Waals surface area contributed by atoms with Gasteiger partial charge in [0.25, 0.3) is 0 Å². The van der Waals surface area contributed by atoms with Gasteiger partial charge in [0.2, 0.25) is 0 Å². The molecule has 3 aromatic rings. The third-order valence-electron chi connectivity index (χ3n) is 4.27. The van der Waals surface area contributed by atoms with E-state index in [1.807, 2.05) is 49.5 Å². The molecule has 140 valence electrons. The third kappa shape index (κ3) is 4.49. The molecule has 1 N–H and O–H groups in total. The van der Waals surface area contributed by atoms with Gasteiger partial charge in [-0.1, -0.05) is 18.2 Å². The minimum atomic E-state index is -0.414. The molecule has 0 atom stereocenters. The van der Waals surface area contributed by atoms with Crippen LogP contribution in [0, 0.1) is 6.57 Å². The van der Waals surface area contributed by atoms with Crippen molar-refractivity contribution in [3.63, 3.8) is 0 Å². The Morgan fingerprint density at radius 1 is 1.04 bits per heavy atom. The number of anilines is 1. The summed E-state index contributed by atoms with van der Waals surface area (Å²) in [5.41, 5.74) is 4.52. The Balaban J connectivity index is 1.90. The molecule has 0 saturated heterocycles. The number of esters is 1. The van der Waals surface area contributed by atoms with E-state index in [2.05, 4.69) is 10.2 Å². The summed E-state index contributed by atoms with van der Waals surface area (Å²) in [6.07, 6.45) is 0. The zero-order valence-corrected chi connectivity index (χ0v) is 15.7. The maximum absolute atomic E-state index is 12.1. The number of hydrogen-bond donors (Lipinski definition) is 1. The maximum atomic E-state index is 12.1. The number of nitrogens with one attached hydrogen (secondary N) is 1. The molecule has 28 heavy (non-hydrogen) atoms. The number of hydrogen-bond acceptors (Lipinski definition) is 4. The van der Waals surface area contributed by atoms with E-state index in [9.17, 15) is 4.79 Å². The van der Waals surface area contributed by atoms with Gasteiger partial charge < -0.3 is 14.8 Å². The van der Waals surface area contributed by atoms with E-state index in [0.717, 1.165) is 28.1 Å². The third-order valence-corrected chi connectivity index (χ3v) is 4.27. The van der Waals surface area contributed by atoms with Gasteiger partial charge >= 0.3 is 5.97 Å². The molecule has 5 nitrogen and oxygen atoms in total. The second-order valence-electron chi connectivity index (χ2n) is 6.14. The number of nitrogens with zero attached hydrogens (tertiary/aromatic N) is 1. The average molecular weight is 372 g/mol. The predicted octanol–water partition coefficient (Wildman–Crippen LogP) is 5.31. The molecular weight excluding hydrogens is 352 g/mol. The van der Waals surface area contributed by atoms with Gasteiger partial charge in [0.1, 0.15) is 12.4 Å². The van der Waals surface area contributed by atoms with Crippen LogP contribution in [0.5, 0.6) is 5.75 Å². The summed E-state index contributed by atoms with van der Waals surface area (Å²) in [4.78, 5) is 15.6. The van der Waals surface area contributed by atoms with E-state index in [1.165, 1.54) is 7.11 Å². The first-order valence-corrected chi connectivity index (χ1v) is 8.73. The molecule has 0 radical (unpaired) electrons. The van der Waals surface area contributed by atoms with Crippen LogP contribution in [0.15, 0.2) is 66.7 Å². The minimum absolute atomic E-state index is 0.305. The number of methoxy groups -OCH3 is 1. The normalized spacial score (nSPS) is 10.0. The van der Waals surface area contributed by atoms with Crippen molar-refractivity contribution < 1.29 is 14.3 Å². The Labute approximate surface area is 164 Å². The Hall–Kier alpha value is -3.78. The van der Waals surface area contributed by atoms with E-state index in [0.29, 0.717) is 17.9 Å². The molecule has 0 heterocycles. The first-order chi connectivity index (χ1) is 13.6. The lowest BCUT2D eigenvalue weighted by Crippen LogP contribution is -2.04. The Bertz CT molecular complexity index is 1020. The first-order valence-electron chi connectivity index (χ1n) is 8.73. The molecule has 0 bridgehead atoms. The SMILES string of the molecule is [C-]#[N+]c1cccc(-c2cc(COc3ccc(NC)cc3)cc(C(=O)OC)c2)c1. The first kappa shape index (κ1) is 19.0. The molecule has 3 rings (SSSR count). The minimum Gasteiger partial charge on any atom is -0.489 e. The molecule has 0 saturated carbocycles. The summed E-state index contributed by atoms with van der Waals surface area (Å²) in [5.74, 6) is 0.321. The predicted molar refractivity (Wildman–Crippen MR) is 110 cm³/mol.